The summed E-state index contributed by atoms with van der Waals surface area (Å²) in [5, 5.41) is 0. The normalized spacial score (nSPS) is 11.4. The lowest BCUT2D eigenvalue weighted by atomic mass is 10.0. The van der Waals surface area contributed by atoms with Crippen LogP contribution in [0.1, 0.15) is 13.8 Å². The van der Waals surface area contributed by atoms with Crippen LogP contribution in [0.3, 0.4) is 0 Å². The molecule has 0 saturated heterocycles. The van der Waals surface area contributed by atoms with Crippen LogP contribution in [-0.2, 0) is 0 Å². The average Bonchev–Trinajstić information content (AvgIpc) is 2.16. The van der Waals surface area contributed by atoms with E-state index in [4.69, 9.17) is 5.73 Å². The molecule has 0 aliphatic heterocycles. The predicted octanol–water partition coefficient (Wildman–Crippen LogP) is -0.0566. The number of aromatic nitrogens is 2. The van der Waals surface area contributed by atoms with Crippen molar-refractivity contribution in [1.82, 2.24) is 9.97 Å². The predicted molar refractivity (Wildman–Crippen MR) is 56.4 cm³/mol. The van der Waals surface area contributed by atoms with Crippen LogP contribution in [0.15, 0.2) is 17.2 Å². The van der Waals surface area contributed by atoms with E-state index in [1.165, 1.54) is 12.4 Å². The highest BCUT2D eigenvalue weighted by molar-refractivity contribution is 5.38. The summed E-state index contributed by atoms with van der Waals surface area (Å²) in [6.07, 6.45) is 1.39. The van der Waals surface area contributed by atoms with Crippen LogP contribution < -0.4 is 16.2 Å². The summed E-state index contributed by atoms with van der Waals surface area (Å²) in [7, 11) is 1.87. The van der Waals surface area contributed by atoms with Crippen molar-refractivity contribution >= 4 is 5.82 Å². The molecule has 0 bridgehead atoms. The highest BCUT2D eigenvalue weighted by Crippen LogP contribution is 2.16. The third-order valence-electron chi connectivity index (χ3n) is 2.41. The van der Waals surface area contributed by atoms with Crippen LogP contribution in [0.25, 0.3) is 0 Å². The Hall–Kier alpha value is -1.36. The van der Waals surface area contributed by atoms with Crippen molar-refractivity contribution in [1.29, 1.82) is 0 Å². The van der Waals surface area contributed by atoms with Gasteiger partial charge in [-0.15, -0.1) is 0 Å². The standard InChI is InChI=1S/C9H16N4O/c1-9(2,5-10)13(3)7-4-8(14)12-6-11-7/h4,6H,5,10H2,1-3H3,(H,11,12,14). The molecule has 0 spiro atoms. The fourth-order valence-electron chi connectivity index (χ4n) is 0.989. The molecule has 1 heterocycles. The Bertz CT molecular complexity index is 358. The van der Waals surface area contributed by atoms with Crippen LogP contribution in [0.2, 0.25) is 0 Å². The Kier molecular flexibility index (Phi) is 2.90. The van der Waals surface area contributed by atoms with Crippen LogP contribution >= 0.6 is 0 Å². The third-order valence-corrected chi connectivity index (χ3v) is 2.41. The minimum atomic E-state index is -0.208. The maximum atomic E-state index is 11.1. The van der Waals surface area contributed by atoms with E-state index in [9.17, 15) is 4.79 Å². The lowest BCUT2D eigenvalue weighted by molar-refractivity contribution is 0.494. The summed E-state index contributed by atoms with van der Waals surface area (Å²) in [5.74, 6) is 0.629. The van der Waals surface area contributed by atoms with Gasteiger partial charge in [-0.25, -0.2) is 4.98 Å². The first kappa shape index (κ1) is 10.7. The van der Waals surface area contributed by atoms with Crippen LogP contribution in [0, 0.1) is 0 Å². The number of aromatic amines is 1. The van der Waals surface area contributed by atoms with Crippen LogP contribution in [0.4, 0.5) is 5.82 Å². The quantitative estimate of drug-likeness (QED) is 0.710. The van der Waals surface area contributed by atoms with Gasteiger partial charge in [-0.05, 0) is 13.8 Å². The summed E-state index contributed by atoms with van der Waals surface area (Å²) in [6, 6.07) is 1.46. The highest BCUT2D eigenvalue weighted by Gasteiger charge is 2.22. The largest absolute Gasteiger partial charge is 0.353 e. The van der Waals surface area contributed by atoms with Gasteiger partial charge in [0.05, 0.1) is 6.33 Å². The second kappa shape index (κ2) is 3.79. The molecule has 1 aromatic heterocycles. The molecule has 3 N–H and O–H groups in total. The van der Waals surface area contributed by atoms with Gasteiger partial charge in [-0.1, -0.05) is 0 Å². The highest BCUT2D eigenvalue weighted by atomic mass is 16.1. The number of H-pyrrole nitrogens is 1. The molecule has 1 rings (SSSR count). The van der Waals surface area contributed by atoms with Gasteiger partial charge in [0.15, 0.2) is 0 Å². The van der Waals surface area contributed by atoms with Crippen molar-refractivity contribution in [3.05, 3.63) is 22.7 Å². The first-order valence-corrected chi connectivity index (χ1v) is 4.46. The van der Waals surface area contributed by atoms with Crippen LogP contribution in [0.5, 0.6) is 0 Å². The molecule has 0 radical (unpaired) electrons. The lowest BCUT2D eigenvalue weighted by Gasteiger charge is -2.35. The first-order valence-electron chi connectivity index (χ1n) is 4.46. The van der Waals surface area contributed by atoms with Crippen LogP contribution in [-0.4, -0.2) is 29.1 Å². The average molecular weight is 196 g/mol. The molecule has 0 saturated carbocycles. The molecular formula is C9H16N4O. The Morgan fingerprint density at radius 1 is 1.64 bits per heavy atom. The maximum Gasteiger partial charge on any atom is 0.252 e. The molecule has 0 aliphatic rings. The molecule has 14 heavy (non-hydrogen) atoms. The van der Waals surface area contributed by atoms with Gasteiger partial charge in [-0.2, -0.15) is 0 Å². The SMILES string of the molecule is CN(c1cc(=O)[nH]cn1)C(C)(C)CN. The second-order valence-corrected chi connectivity index (χ2v) is 3.84. The van der Waals surface area contributed by atoms with Gasteiger partial charge < -0.3 is 15.6 Å². The zero-order valence-electron chi connectivity index (χ0n) is 8.74. The van der Waals surface area contributed by atoms with Crippen molar-refractivity contribution in [2.45, 2.75) is 19.4 Å². The number of likely N-dealkylation sites (N-methyl/N-ethyl adjacent to an activating group) is 1. The van der Waals surface area contributed by atoms with E-state index in [2.05, 4.69) is 9.97 Å². The Morgan fingerprint density at radius 3 is 2.79 bits per heavy atom. The number of rotatable bonds is 3. The molecule has 5 heteroatoms. The number of anilines is 1. The minimum absolute atomic E-state index is 0.158. The monoisotopic (exact) mass is 196 g/mol. The van der Waals surface area contributed by atoms with Crippen molar-refractivity contribution in [2.75, 3.05) is 18.5 Å². The van der Waals surface area contributed by atoms with E-state index in [0.29, 0.717) is 12.4 Å². The minimum Gasteiger partial charge on any atom is -0.353 e. The maximum absolute atomic E-state index is 11.1. The summed E-state index contributed by atoms with van der Waals surface area (Å²) in [5.41, 5.74) is 5.26. The fourth-order valence-corrected chi connectivity index (χ4v) is 0.989. The number of nitrogens with zero attached hydrogens (tertiary/aromatic N) is 2. The molecule has 0 amide bonds. The number of nitrogens with two attached hydrogens (primary N) is 1. The van der Waals surface area contributed by atoms with E-state index in [1.54, 1.807) is 0 Å². The molecule has 78 valence electrons. The summed E-state index contributed by atoms with van der Waals surface area (Å²) in [6.45, 7) is 4.49. The van der Waals surface area contributed by atoms with Gasteiger partial charge in [0.1, 0.15) is 5.82 Å². The number of hydrogen-bond donors (Lipinski definition) is 2. The Balaban J connectivity index is 3.00. The van der Waals surface area contributed by atoms with E-state index < -0.39 is 0 Å². The van der Waals surface area contributed by atoms with Gasteiger partial charge in [0.25, 0.3) is 5.56 Å². The second-order valence-electron chi connectivity index (χ2n) is 3.84. The van der Waals surface area contributed by atoms with Crippen molar-refractivity contribution in [3.8, 4) is 0 Å². The Morgan fingerprint density at radius 2 is 2.29 bits per heavy atom. The first-order chi connectivity index (χ1) is 6.47. The summed E-state index contributed by atoms with van der Waals surface area (Å²) >= 11 is 0. The smallest absolute Gasteiger partial charge is 0.252 e. The van der Waals surface area contributed by atoms with Gasteiger partial charge in [-0.3, -0.25) is 4.79 Å². The zero-order chi connectivity index (χ0) is 10.8. The van der Waals surface area contributed by atoms with Gasteiger partial charge >= 0.3 is 0 Å². The third kappa shape index (κ3) is 2.11. The van der Waals surface area contributed by atoms with Crippen molar-refractivity contribution in [3.63, 3.8) is 0 Å². The van der Waals surface area contributed by atoms with Crippen molar-refractivity contribution < 1.29 is 0 Å². The molecule has 0 aliphatic carbocycles. The molecular weight excluding hydrogens is 180 g/mol. The number of nitrogens with one attached hydrogen (secondary N) is 1. The molecule has 5 nitrogen and oxygen atoms in total. The van der Waals surface area contributed by atoms with Crippen molar-refractivity contribution in [2.24, 2.45) is 5.73 Å². The van der Waals surface area contributed by atoms with E-state index in [0.717, 1.165) is 0 Å². The number of hydrogen-bond acceptors (Lipinski definition) is 4. The molecule has 0 fully saturated rings. The topological polar surface area (TPSA) is 75.0 Å². The van der Waals surface area contributed by atoms with E-state index >= 15 is 0 Å². The zero-order valence-corrected chi connectivity index (χ0v) is 8.74. The molecule has 1 aromatic rings. The molecule has 0 aromatic carbocycles. The Labute approximate surface area is 83.0 Å². The summed E-state index contributed by atoms with van der Waals surface area (Å²) < 4.78 is 0. The van der Waals surface area contributed by atoms with E-state index in [1.807, 2.05) is 25.8 Å². The van der Waals surface area contributed by atoms with E-state index in [-0.39, 0.29) is 11.1 Å². The summed E-state index contributed by atoms with van der Waals surface area (Å²) in [4.78, 5) is 19.5. The van der Waals surface area contributed by atoms with Gasteiger partial charge in [0, 0.05) is 25.2 Å². The lowest BCUT2D eigenvalue weighted by Crippen LogP contribution is -2.47. The molecule has 0 atom stereocenters. The fraction of sp³-hybridized carbons (Fsp3) is 0.556. The van der Waals surface area contributed by atoms with Gasteiger partial charge in [0.2, 0.25) is 0 Å². The molecule has 0 unspecified atom stereocenters.